The number of hydrogen-bond donors (Lipinski definition) is 2. The Kier molecular flexibility index (Phi) is 3.80. The normalized spacial score (nSPS) is 12.4. The van der Waals surface area contributed by atoms with Crippen molar-refractivity contribution in [3.8, 4) is 5.75 Å². The summed E-state index contributed by atoms with van der Waals surface area (Å²) in [7, 11) is 0. The Balaban J connectivity index is 2.18. The van der Waals surface area contributed by atoms with E-state index < -0.39 is 0 Å². The molecule has 4 heteroatoms. The van der Waals surface area contributed by atoms with Gasteiger partial charge in [0.2, 0.25) is 0 Å². The molecule has 0 fully saturated rings. The standard InChI is InChI=1S/C13H15NO3/c14-8-13(12-6-3-7-16-12)17-11-5-2-1-4-10(11)9-15/h1-7,13,15H,8-9,14H2. The highest BCUT2D eigenvalue weighted by Gasteiger charge is 2.15. The molecule has 1 atom stereocenters. The minimum absolute atomic E-state index is 0.0639. The summed E-state index contributed by atoms with van der Waals surface area (Å²) in [5.41, 5.74) is 6.39. The average molecular weight is 233 g/mol. The molecule has 0 aliphatic rings. The number of hydrogen-bond acceptors (Lipinski definition) is 4. The van der Waals surface area contributed by atoms with E-state index in [4.69, 9.17) is 14.9 Å². The zero-order valence-electron chi connectivity index (χ0n) is 9.37. The first-order valence-electron chi connectivity index (χ1n) is 5.44. The van der Waals surface area contributed by atoms with Crippen LogP contribution in [0, 0.1) is 0 Å². The summed E-state index contributed by atoms with van der Waals surface area (Å²) >= 11 is 0. The van der Waals surface area contributed by atoms with Crippen molar-refractivity contribution >= 4 is 0 Å². The van der Waals surface area contributed by atoms with E-state index in [1.165, 1.54) is 0 Å². The van der Waals surface area contributed by atoms with Gasteiger partial charge in [-0.3, -0.25) is 0 Å². The van der Waals surface area contributed by atoms with E-state index in [2.05, 4.69) is 0 Å². The van der Waals surface area contributed by atoms with Gasteiger partial charge >= 0.3 is 0 Å². The smallest absolute Gasteiger partial charge is 0.168 e. The molecule has 0 aliphatic heterocycles. The monoisotopic (exact) mass is 233 g/mol. The average Bonchev–Trinajstić information content (AvgIpc) is 2.90. The second-order valence-corrected chi connectivity index (χ2v) is 3.62. The molecule has 1 aromatic heterocycles. The predicted molar refractivity (Wildman–Crippen MR) is 63.5 cm³/mol. The number of furan rings is 1. The van der Waals surface area contributed by atoms with Crippen molar-refractivity contribution in [2.45, 2.75) is 12.7 Å². The number of rotatable bonds is 5. The van der Waals surface area contributed by atoms with Crippen LogP contribution in [0.25, 0.3) is 0 Å². The number of nitrogens with two attached hydrogens (primary N) is 1. The molecule has 0 aliphatic carbocycles. The van der Waals surface area contributed by atoms with Crippen LogP contribution in [0.5, 0.6) is 5.75 Å². The van der Waals surface area contributed by atoms with Crippen molar-refractivity contribution in [3.05, 3.63) is 54.0 Å². The van der Waals surface area contributed by atoms with Crippen molar-refractivity contribution in [1.82, 2.24) is 0 Å². The van der Waals surface area contributed by atoms with Crippen LogP contribution in [0.3, 0.4) is 0 Å². The number of para-hydroxylation sites is 1. The van der Waals surface area contributed by atoms with Crippen molar-refractivity contribution < 1.29 is 14.3 Å². The maximum atomic E-state index is 9.20. The second kappa shape index (κ2) is 5.52. The van der Waals surface area contributed by atoms with E-state index in [-0.39, 0.29) is 12.7 Å². The topological polar surface area (TPSA) is 68.6 Å². The Hall–Kier alpha value is -1.78. The van der Waals surface area contributed by atoms with Crippen molar-refractivity contribution in [3.63, 3.8) is 0 Å². The largest absolute Gasteiger partial charge is 0.481 e. The van der Waals surface area contributed by atoms with Gasteiger partial charge in [0.15, 0.2) is 6.10 Å². The SMILES string of the molecule is NCC(Oc1ccccc1CO)c1ccco1. The van der Waals surface area contributed by atoms with Gasteiger partial charge in [-0.15, -0.1) is 0 Å². The van der Waals surface area contributed by atoms with Crippen LogP contribution in [-0.4, -0.2) is 11.7 Å². The minimum atomic E-state index is -0.335. The highest BCUT2D eigenvalue weighted by atomic mass is 16.5. The highest BCUT2D eigenvalue weighted by molar-refractivity contribution is 5.33. The first kappa shape index (κ1) is 11.7. The summed E-state index contributed by atoms with van der Waals surface area (Å²) in [6.07, 6.45) is 1.25. The molecule has 0 radical (unpaired) electrons. The predicted octanol–water partition coefficient (Wildman–Crippen LogP) is 1.85. The molecule has 0 saturated heterocycles. The minimum Gasteiger partial charge on any atom is -0.481 e. The summed E-state index contributed by atoms with van der Waals surface area (Å²) < 4.78 is 11.0. The van der Waals surface area contributed by atoms with Gasteiger partial charge in [0.25, 0.3) is 0 Å². The van der Waals surface area contributed by atoms with E-state index >= 15 is 0 Å². The Morgan fingerprint density at radius 3 is 2.71 bits per heavy atom. The van der Waals surface area contributed by atoms with E-state index in [0.717, 1.165) is 5.56 Å². The highest BCUT2D eigenvalue weighted by Crippen LogP contribution is 2.25. The lowest BCUT2D eigenvalue weighted by atomic mass is 10.2. The maximum Gasteiger partial charge on any atom is 0.168 e. The van der Waals surface area contributed by atoms with Gasteiger partial charge in [0.05, 0.1) is 12.9 Å². The maximum absolute atomic E-state index is 9.20. The number of ether oxygens (including phenoxy) is 1. The quantitative estimate of drug-likeness (QED) is 0.827. The van der Waals surface area contributed by atoms with Crippen molar-refractivity contribution in [1.29, 1.82) is 0 Å². The van der Waals surface area contributed by atoms with Crippen molar-refractivity contribution in [2.75, 3.05) is 6.54 Å². The molecule has 1 aromatic carbocycles. The molecule has 4 nitrogen and oxygen atoms in total. The van der Waals surface area contributed by atoms with Crippen LogP contribution in [0.4, 0.5) is 0 Å². The van der Waals surface area contributed by atoms with Crippen LogP contribution in [0.1, 0.15) is 17.4 Å². The third kappa shape index (κ3) is 2.67. The first-order valence-corrected chi connectivity index (χ1v) is 5.44. The van der Waals surface area contributed by atoms with E-state index in [1.807, 2.05) is 24.3 Å². The molecule has 2 rings (SSSR count). The summed E-state index contributed by atoms with van der Waals surface area (Å²) in [4.78, 5) is 0. The Labute approximate surface area is 99.6 Å². The third-order valence-corrected chi connectivity index (χ3v) is 2.49. The molecule has 0 amide bonds. The molecule has 1 unspecified atom stereocenters. The molecule has 2 aromatic rings. The van der Waals surface area contributed by atoms with E-state index in [1.54, 1.807) is 18.4 Å². The number of aliphatic hydroxyl groups excluding tert-OH is 1. The van der Waals surface area contributed by atoms with Gasteiger partial charge in [-0.1, -0.05) is 18.2 Å². The van der Waals surface area contributed by atoms with Crippen LogP contribution >= 0.6 is 0 Å². The fourth-order valence-electron chi connectivity index (χ4n) is 1.60. The van der Waals surface area contributed by atoms with Gasteiger partial charge in [0.1, 0.15) is 11.5 Å². The van der Waals surface area contributed by atoms with Crippen LogP contribution in [-0.2, 0) is 6.61 Å². The fourth-order valence-corrected chi connectivity index (χ4v) is 1.60. The van der Waals surface area contributed by atoms with Crippen LogP contribution in [0.2, 0.25) is 0 Å². The third-order valence-electron chi connectivity index (χ3n) is 2.49. The molecule has 3 N–H and O–H groups in total. The number of benzene rings is 1. The number of aliphatic hydroxyl groups is 1. The lowest BCUT2D eigenvalue weighted by Gasteiger charge is -2.17. The van der Waals surface area contributed by atoms with Gasteiger partial charge < -0.3 is 20.0 Å². The zero-order chi connectivity index (χ0) is 12.1. The summed E-state index contributed by atoms with van der Waals surface area (Å²) in [5, 5.41) is 9.20. The lowest BCUT2D eigenvalue weighted by molar-refractivity contribution is 0.176. The van der Waals surface area contributed by atoms with E-state index in [0.29, 0.717) is 18.1 Å². The van der Waals surface area contributed by atoms with Gasteiger partial charge in [-0.25, -0.2) is 0 Å². The molecule has 1 heterocycles. The molecule has 17 heavy (non-hydrogen) atoms. The summed E-state index contributed by atoms with van der Waals surface area (Å²) in [5.74, 6) is 1.31. The second-order valence-electron chi connectivity index (χ2n) is 3.62. The van der Waals surface area contributed by atoms with E-state index in [9.17, 15) is 5.11 Å². The molecule has 0 saturated carbocycles. The molecule has 90 valence electrons. The van der Waals surface area contributed by atoms with Crippen LogP contribution in [0.15, 0.2) is 47.1 Å². The Bertz CT molecular complexity index is 453. The van der Waals surface area contributed by atoms with Gasteiger partial charge in [-0.05, 0) is 18.2 Å². The summed E-state index contributed by atoms with van der Waals surface area (Å²) in [6.45, 7) is 0.249. The Morgan fingerprint density at radius 2 is 2.06 bits per heavy atom. The molecule has 0 spiro atoms. The fraction of sp³-hybridized carbons (Fsp3) is 0.231. The Morgan fingerprint density at radius 1 is 1.24 bits per heavy atom. The molecule has 0 bridgehead atoms. The summed E-state index contributed by atoms with van der Waals surface area (Å²) in [6, 6.07) is 10.9. The molecular formula is C13H15NO3. The first-order chi connectivity index (χ1) is 8.35. The molecular weight excluding hydrogens is 218 g/mol. The zero-order valence-corrected chi connectivity index (χ0v) is 9.37. The van der Waals surface area contributed by atoms with Gasteiger partial charge in [0, 0.05) is 12.1 Å². The van der Waals surface area contributed by atoms with Gasteiger partial charge in [-0.2, -0.15) is 0 Å². The lowest BCUT2D eigenvalue weighted by Crippen LogP contribution is -2.18. The van der Waals surface area contributed by atoms with Crippen molar-refractivity contribution in [2.24, 2.45) is 5.73 Å². The van der Waals surface area contributed by atoms with Crippen LogP contribution < -0.4 is 10.5 Å².